The second kappa shape index (κ2) is 4.47. The third kappa shape index (κ3) is 2.10. The molecule has 6 nitrogen and oxygen atoms in total. The Kier molecular flexibility index (Phi) is 2.79. The van der Waals surface area contributed by atoms with E-state index in [4.69, 9.17) is 11.6 Å². The average molecular weight is 276 g/mol. The first-order valence-electron chi connectivity index (χ1n) is 5.64. The number of aromatic nitrogens is 4. The SMILES string of the molecule is Cc1cccc(C)c1Nc1nc2nonc2nc1Cl. The Morgan fingerprint density at radius 3 is 2.37 bits per heavy atom. The summed E-state index contributed by atoms with van der Waals surface area (Å²) in [5.74, 6) is 0.433. The summed E-state index contributed by atoms with van der Waals surface area (Å²) in [5, 5.41) is 10.6. The van der Waals surface area contributed by atoms with Crippen molar-refractivity contribution >= 4 is 34.4 Å². The van der Waals surface area contributed by atoms with Gasteiger partial charge in [0.15, 0.2) is 11.0 Å². The first-order chi connectivity index (χ1) is 9.15. The van der Waals surface area contributed by atoms with Gasteiger partial charge in [-0.25, -0.2) is 14.6 Å². The lowest BCUT2D eigenvalue weighted by molar-refractivity contribution is 0.314. The van der Waals surface area contributed by atoms with Crippen molar-refractivity contribution in [1.29, 1.82) is 0 Å². The fraction of sp³-hybridized carbons (Fsp3) is 0.167. The maximum absolute atomic E-state index is 6.07. The predicted octanol–water partition coefficient (Wildman–Crippen LogP) is 3.03. The molecule has 1 N–H and O–H groups in total. The van der Waals surface area contributed by atoms with Crippen LogP contribution in [0.3, 0.4) is 0 Å². The fourth-order valence-corrected chi connectivity index (χ4v) is 2.00. The maximum Gasteiger partial charge on any atom is 0.245 e. The third-order valence-electron chi connectivity index (χ3n) is 2.80. The van der Waals surface area contributed by atoms with Crippen molar-refractivity contribution in [3.63, 3.8) is 0 Å². The Hall–Kier alpha value is -2.21. The monoisotopic (exact) mass is 275 g/mol. The van der Waals surface area contributed by atoms with E-state index in [1.165, 1.54) is 0 Å². The molecule has 0 aliphatic heterocycles. The van der Waals surface area contributed by atoms with Crippen molar-refractivity contribution in [1.82, 2.24) is 20.3 Å². The second-order valence-electron chi connectivity index (χ2n) is 4.17. The Balaban J connectivity index is 2.07. The van der Waals surface area contributed by atoms with Crippen LogP contribution in [0.5, 0.6) is 0 Å². The largest absolute Gasteiger partial charge is 0.337 e. The van der Waals surface area contributed by atoms with Gasteiger partial charge in [-0.15, -0.1) is 0 Å². The number of benzene rings is 1. The summed E-state index contributed by atoms with van der Waals surface area (Å²) in [7, 11) is 0. The number of nitrogens with one attached hydrogen (secondary N) is 1. The quantitative estimate of drug-likeness (QED) is 0.775. The van der Waals surface area contributed by atoms with Gasteiger partial charge in [0.2, 0.25) is 11.3 Å². The van der Waals surface area contributed by atoms with Crippen LogP contribution in [0.4, 0.5) is 11.5 Å². The minimum atomic E-state index is 0.228. The molecule has 2 aromatic heterocycles. The molecule has 7 heteroatoms. The van der Waals surface area contributed by atoms with E-state index in [-0.39, 0.29) is 10.8 Å². The molecule has 0 aliphatic carbocycles. The van der Waals surface area contributed by atoms with E-state index in [2.05, 4.69) is 30.2 Å². The molecule has 0 spiro atoms. The molecule has 3 aromatic rings. The molecule has 0 saturated heterocycles. The second-order valence-corrected chi connectivity index (χ2v) is 4.52. The van der Waals surface area contributed by atoms with Crippen LogP contribution in [0.2, 0.25) is 5.15 Å². The van der Waals surface area contributed by atoms with Crippen molar-refractivity contribution in [2.45, 2.75) is 13.8 Å². The molecular formula is C12H10ClN5O. The summed E-state index contributed by atoms with van der Waals surface area (Å²) in [6, 6.07) is 6.01. The zero-order valence-electron chi connectivity index (χ0n) is 10.3. The van der Waals surface area contributed by atoms with Gasteiger partial charge >= 0.3 is 0 Å². The fourth-order valence-electron chi connectivity index (χ4n) is 1.83. The molecule has 0 bridgehead atoms. The lowest BCUT2D eigenvalue weighted by Gasteiger charge is -2.12. The minimum Gasteiger partial charge on any atom is -0.337 e. The van der Waals surface area contributed by atoms with E-state index in [9.17, 15) is 0 Å². The first kappa shape index (κ1) is 11.9. The van der Waals surface area contributed by atoms with Gasteiger partial charge in [-0.05, 0) is 35.3 Å². The number of rotatable bonds is 2. The van der Waals surface area contributed by atoms with Gasteiger partial charge in [-0.2, -0.15) is 0 Å². The number of hydrogen-bond donors (Lipinski definition) is 1. The van der Waals surface area contributed by atoms with Crippen molar-refractivity contribution in [3.8, 4) is 0 Å². The third-order valence-corrected chi connectivity index (χ3v) is 3.06. The number of halogens is 1. The standard InChI is InChI=1S/C12H10ClN5O/c1-6-4-3-5-7(2)8(6)14-10-9(13)15-11-12(16-10)18-19-17-11/h3-5H,1-2H3,(H,14,16,18). The molecule has 0 aliphatic rings. The van der Waals surface area contributed by atoms with E-state index in [1.54, 1.807) is 0 Å². The van der Waals surface area contributed by atoms with Crippen LogP contribution in [0.25, 0.3) is 11.3 Å². The Labute approximate surface area is 113 Å². The summed E-state index contributed by atoms with van der Waals surface area (Å²) < 4.78 is 4.56. The maximum atomic E-state index is 6.07. The number of anilines is 2. The molecule has 0 atom stereocenters. The van der Waals surface area contributed by atoms with Crippen LogP contribution in [0, 0.1) is 13.8 Å². The van der Waals surface area contributed by atoms with Gasteiger partial charge in [0.1, 0.15) is 0 Å². The van der Waals surface area contributed by atoms with E-state index in [0.717, 1.165) is 16.8 Å². The molecule has 0 fully saturated rings. The molecule has 0 saturated carbocycles. The first-order valence-corrected chi connectivity index (χ1v) is 6.02. The van der Waals surface area contributed by atoms with Gasteiger partial charge in [0.05, 0.1) is 0 Å². The summed E-state index contributed by atoms with van der Waals surface area (Å²) >= 11 is 6.07. The number of fused-ring (bicyclic) bond motifs is 1. The van der Waals surface area contributed by atoms with Crippen LogP contribution in [-0.2, 0) is 0 Å². The molecule has 96 valence electrons. The van der Waals surface area contributed by atoms with Gasteiger partial charge in [-0.1, -0.05) is 29.8 Å². The highest BCUT2D eigenvalue weighted by Gasteiger charge is 2.12. The normalized spacial score (nSPS) is 10.9. The molecule has 0 unspecified atom stereocenters. The summed E-state index contributed by atoms with van der Waals surface area (Å²) in [6.07, 6.45) is 0. The molecule has 1 aromatic carbocycles. The molecule has 0 amide bonds. The molecule has 2 heterocycles. The van der Waals surface area contributed by atoms with Gasteiger partial charge in [0, 0.05) is 5.69 Å². The predicted molar refractivity (Wildman–Crippen MR) is 71.6 cm³/mol. The van der Waals surface area contributed by atoms with Crippen molar-refractivity contribution < 1.29 is 4.63 Å². The molecular weight excluding hydrogens is 266 g/mol. The zero-order valence-corrected chi connectivity index (χ0v) is 11.1. The van der Waals surface area contributed by atoms with Crippen LogP contribution < -0.4 is 5.32 Å². The molecule has 0 radical (unpaired) electrons. The van der Waals surface area contributed by atoms with Crippen LogP contribution in [0.15, 0.2) is 22.8 Å². The lowest BCUT2D eigenvalue weighted by Crippen LogP contribution is -2.00. The highest BCUT2D eigenvalue weighted by molar-refractivity contribution is 6.32. The van der Waals surface area contributed by atoms with Crippen molar-refractivity contribution in [3.05, 3.63) is 34.5 Å². The lowest BCUT2D eigenvalue weighted by atomic mass is 10.1. The number of aryl methyl sites for hydroxylation is 2. The smallest absolute Gasteiger partial charge is 0.245 e. The van der Waals surface area contributed by atoms with E-state index in [0.29, 0.717) is 11.5 Å². The summed E-state index contributed by atoms with van der Waals surface area (Å²) in [5.41, 5.74) is 3.75. The van der Waals surface area contributed by atoms with Crippen LogP contribution in [-0.4, -0.2) is 20.3 Å². The van der Waals surface area contributed by atoms with Gasteiger partial charge in [0.25, 0.3) is 0 Å². The summed E-state index contributed by atoms with van der Waals surface area (Å²) in [4.78, 5) is 8.30. The van der Waals surface area contributed by atoms with Gasteiger partial charge in [-0.3, -0.25) is 0 Å². The highest BCUT2D eigenvalue weighted by Crippen LogP contribution is 2.27. The molecule has 3 rings (SSSR count). The van der Waals surface area contributed by atoms with Crippen molar-refractivity contribution in [2.75, 3.05) is 5.32 Å². The van der Waals surface area contributed by atoms with Crippen LogP contribution in [0.1, 0.15) is 11.1 Å². The number of hydrogen-bond acceptors (Lipinski definition) is 6. The highest BCUT2D eigenvalue weighted by atomic mass is 35.5. The number of nitrogens with zero attached hydrogens (tertiary/aromatic N) is 4. The Morgan fingerprint density at radius 2 is 1.68 bits per heavy atom. The number of para-hydroxylation sites is 1. The van der Waals surface area contributed by atoms with E-state index >= 15 is 0 Å². The molecule has 19 heavy (non-hydrogen) atoms. The van der Waals surface area contributed by atoms with Crippen molar-refractivity contribution in [2.24, 2.45) is 0 Å². The zero-order chi connectivity index (χ0) is 13.4. The minimum absolute atomic E-state index is 0.228. The van der Waals surface area contributed by atoms with Crippen LogP contribution >= 0.6 is 11.6 Å². The van der Waals surface area contributed by atoms with Gasteiger partial charge < -0.3 is 5.32 Å². The topological polar surface area (TPSA) is 76.7 Å². The Bertz CT molecular complexity index is 735. The van der Waals surface area contributed by atoms with E-state index < -0.39 is 0 Å². The van der Waals surface area contributed by atoms with E-state index in [1.807, 2.05) is 32.0 Å². The average Bonchev–Trinajstić information content (AvgIpc) is 2.81. The Morgan fingerprint density at radius 1 is 1.05 bits per heavy atom. The summed E-state index contributed by atoms with van der Waals surface area (Å²) in [6.45, 7) is 4.01.